The van der Waals surface area contributed by atoms with Crippen molar-refractivity contribution in [1.29, 1.82) is 0 Å². The first-order valence-electron chi connectivity index (χ1n) is 3.85. The molecule has 74 valence electrons. The summed E-state index contributed by atoms with van der Waals surface area (Å²) in [6, 6.07) is 5.90. The molecule has 0 unspecified atom stereocenters. The van der Waals surface area contributed by atoms with E-state index in [4.69, 9.17) is 17.3 Å². The van der Waals surface area contributed by atoms with E-state index >= 15 is 0 Å². The lowest BCUT2D eigenvalue weighted by Gasteiger charge is -2.09. The number of nitrogens with two attached hydrogens (primary N) is 1. The van der Waals surface area contributed by atoms with E-state index in [0.29, 0.717) is 0 Å². The SMILES string of the molecule is CC[C@H](N)c1ccc(Cl)c(Br)c1.Cl. The van der Waals surface area contributed by atoms with Crippen LogP contribution >= 0.6 is 39.9 Å². The third-order valence-electron chi connectivity index (χ3n) is 1.81. The Balaban J connectivity index is 0.00000144. The minimum atomic E-state index is 0. The lowest BCUT2D eigenvalue weighted by molar-refractivity contribution is 0.698. The zero-order chi connectivity index (χ0) is 9.14. The first kappa shape index (κ1) is 13.2. The second-order valence-corrected chi connectivity index (χ2v) is 3.95. The predicted molar refractivity (Wildman–Crippen MR) is 63.6 cm³/mol. The van der Waals surface area contributed by atoms with Gasteiger partial charge in [0, 0.05) is 10.5 Å². The van der Waals surface area contributed by atoms with Crippen LogP contribution in [0, 0.1) is 0 Å². The summed E-state index contributed by atoms with van der Waals surface area (Å²) in [6.07, 6.45) is 0.939. The zero-order valence-electron chi connectivity index (χ0n) is 7.26. The Bertz CT molecular complexity index is 278. The normalized spacial score (nSPS) is 12.0. The Kier molecular flexibility index (Phi) is 5.97. The van der Waals surface area contributed by atoms with E-state index < -0.39 is 0 Å². The van der Waals surface area contributed by atoms with E-state index in [-0.39, 0.29) is 18.4 Å². The van der Waals surface area contributed by atoms with Gasteiger partial charge in [-0.25, -0.2) is 0 Å². The lowest BCUT2D eigenvalue weighted by atomic mass is 10.1. The number of halogens is 3. The van der Waals surface area contributed by atoms with Gasteiger partial charge in [-0.3, -0.25) is 0 Å². The summed E-state index contributed by atoms with van der Waals surface area (Å²) in [7, 11) is 0. The summed E-state index contributed by atoms with van der Waals surface area (Å²) in [6.45, 7) is 2.06. The second kappa shape index (κ2) is 5.86. The monoisotopic (exact) mass is 283 g/mol. The van der Waals surface area contributed by atoms with E-state index in [0.717, 1.165) is 21.5 Å². The summed E-state index contributed by atoms with van der Waals surface area (Å²) < 4.78 is 0.908. The van der Waals surface area contributed by atoms with E-state index in [1.54, 1.807) is 0 Å². The third-order valence-corrected chi connectivity index (χ3v) is 3.03. The molecule has 0 amide bonds. The average Bonchev–Trinajstić information content (AvgIpc) is 2.08. The van der Waals surface area contributed by atoms with E-state index in [2.05, 4.69) is 22.9 Å². The topological polar surface area (TPSA) is 26.0 Å². The minimum absolute atomic E-state index is 0. The molecule has 0 radical (unpaired) electrons. The fourth-order valence-corrected chi connectivity index (χ4v) is 1.49. The first-order valence-corrected chi connectivity index (χ1v) is 5.02. The highest BCUT2D eigenvalue weighted by molar-refractivity contribution is 9.10. The van der Waals surface area contributed by atoms with Crippen LogP contribution < -0.4 is 5.73 Å². The molecular formula is C9H12BrCl2N. The number of rotatable bonds is 2. The van der Waals surface area contributed by atoms with Crippen LogP contribution in [0.5, 0.6) is 0 Å². The van der Waals surface area contributed by atoms with Gasteiger partial charge in [0.1, 0.15) is 0 Å². The van der Waals surface area contributed by atoms with Gasteiger partial charge >= 0.3 is 0 Å². The van der Waals surface area contributed by atoms with E-state index in [1.165, 1.54) is 0 Å². The molecule has 1 atom stereocenters. The summed E-state index contributed by atoms with van der Waals surface area (Å²) in [5, 5.41) is 0.724. The van der Waals surface area contributed by atoms with Crippen LogP contribution in [0.3, 0.4) is 0 Å². The molecule has 4 heteroatoms. The summed E-state index contributed by atoms with van der Waals surface area (Å²) in [5.41, 5.74) is 6.97. The Morgan fingerprint density at radius 3 is 2.62 bits per heavy atom. The smallest absolute Gasteiger partial charge is 0.0548 e. The van der Waals surface area contributed by atoms with Gasteiger partial charge in [0.05, 0.1) is 5.02 Å². The Labute approximate surface area is 98.2 Å². The summed E-state index contributed by atoms with van der Waals surface area (Å²) in [5.74, 6) is 0. The molecule has 1 aromatic carbocycles. The van der Waals surface area contributed by atoms with Gasteiger partial charge in [0.2, 0.25) is 0 Å². The Morgan fingerprint density at radius 1 is 1.54 bits per heavy atom. The van der Waals surface area contributed by atoms with Crippen molar-refractivity contribution in [2.45, 2.75) is 19.4 Å². The van der Waals surface area contributed by atoms with Gasteiger partial charge in [-0.1, -0.05) is 24.6 Å². The lowest BCUT2D eigenvalue weighted by Crippen LogP contribution is -2.08. The third kappa shape index (κ3) is 3.47. The second-order valence-electron chi connectivity index (χ2n) is 2.69. The molecule has 0 aliphatic rings. The number of benzene rings is 1. The van der Waals surface area contributed by atoms with Gasteiger partial charge < -0.3 is 5.73 Å². The molecule has 0 aliphatic heterocycles. The van der Waals surface area contributed by atoms with Crippen LogP contribution in [0.1, 0.15) is 24.9 Å². The zero-order valence-corrected chi connectivity index (χ0v) is 10.4. The standard InChI is InChI=1S/C9H11BrClN.ClH/c1-2-9(12)6-3-4-8(11)7(10)5-6;/h3-5,9H,2,12H2,1H3;1H/t9-;/m0./s1. The van der Waals surface area contributed by atoms with Crippen molar-refractivity contribution in [3.63, 3.8) is 0 Å². The predicted octanol–water partition coefficient (Wildman–Crippen LogP) is 3.93. The highest BCUT2D eigenvalue weighted by Gasteiger charge is 2.04. The van der Waals surface area contributed by atoms with Gasteiger partial charge in [-0.05, 0) is 40.0 Å². The van der Waals surface area contributed by atoms with Crippen molar-refractivity contribution >= 4 is 39.9 Å². The fourth-order valence-electron chi connectivity index (χ4n) is 0.979. The molecule has 1 nitrogen and oxygen atoms in total. The van der Waals surface area contributed by atoms with Crippen LogP contribution in [0.25, 0.3) is 0 Å². The molecule has 0 heterocycles. The van der Waals surface area contributed by atoms with Gasteiger partial charge in [0.25, 0.3) is 0 Å². The molecule has 1 rings (SSSR count). The van der Waals surface area contributed by atoms with Crippen LogP contribution in [-0.4, -0.2) is 0 Å². The van der Waals surface area contributed by atoms with Crippen LogP contribution in [0.15, 0.2) is 22.7 Å². The van der Waals surface area contributed by atoms with Crippen molar-refractivity contribution < 1.29 is 0 Å². The minimum Gasteiger partial charge on any atom is -0.324 e. The van der Waals surface area contributed by atoms with Crippen LogP contribution in [0.4, 0.5) is 0 Å². The maximum absolute atomic E-state index is 5.85. The summed E-state index contributed by atoms with van der Waals surface area (Å²) >= 11 is 9.20. The number of hydrogen-bond acceptors (Lipinski definition) is 1. The fraction of sp³-hybridized carbons (Fsp3) is 0.333. The number of hydrogen-bond donors (Lipinski definition) is 1. The van der Waals surface area contributed by atoms with Gasteiger partial charge in [0.15, 0.2) is 0 Å². The molecule has 0 fully saturated rings. The van der Waals surface area contributed by atoms with Crippen molar-refractivity contribution in [3.05, 3.63) is 33.3 Å². The maximum atomic E-state index is 5.85. The van der Waals surface area contributed by atoms with Crippen LogP contribution in [0.2, 0.25) is 5.02 Å². The average molecular weight is 285 g/mol. The molecule has 2 N–H and O–H groups in total. The van der Waals surface area contributed by atoms with Gasteiger partial charge in [-0.2, -0.15) is 0 Å². The van der Waals surface area contributed by atoms with Gasteiger partial charge in [-0.15, -0.1) is 12.4 Å². The van der Waals surface area contributed by atoms with Crippen molar-refractivity contribution in [2.75, 3.05) is 0 Å². The van der Waals surface area contributed by atoms with Crippen LogP contribution in [-0.2, 0) is 0 Å². The molecule has 1 aromatic rings. The van der Waals surface area contributed by atoms with Crippen molar-refractivity contribution in [2.24, 2.45) is 5.73 Å². The highest BCUT2D eigenvalue weighted by atomic mass is 79.9. The molecule has 0 spiro atoms. The Morgan fingerprint density at radius 2 is 2.15 bits per heavy atom. The maximum Gasteiger partial charge on any atom is 0.0548 e. The molecule has 0 aromatic heterocycles. The van der Waals surface area contributed by atoms with E-state index in [9.17, 15) is 0 Å². The molecular weight excluding hydrogens is 273 g/mol. The molecule has 0 bridgehead atoms. The molecule has 0 saturated carbocycles. The quantitative estimate of drug-likeness (QED) is 0.875. The molecule has 0 saturated heterocycles. The summed E-state index contributed by atoms with van der Waals surface area (Å²) in [4.78, 5) is 0. The van der Waals surface area contributed by atoms with Crippen molar-refractivity contribution in [1.82, 2.24) is 0 Å². The molecule has 13 heavy (non-hydrogen) atoms. The Hall–Kier alpha value is 0.240. The first-order chi connectivity index (χ1) is 5.65. The molecule has 0 aliphatic carbocycles. The van der Waals surface area contributed by atoms with E-state index in [1.807, 2.05) is 18.2 Å². The highest BCUT2D eigenvalue weighted by Crippen LogP contribution is 2.26. The van der Waals surface area contributed by atoms with Crippen molar-refractivity contribution in [3.8, 4) is 0 Å². The largest absolute Gasteiger partial charge is 0.324 e.